The zero-order valence-corrected chi connectivity index (χ0v) is 15.9. The number of aryl methyl sites for hydroxylation is 1. The van der Waals surface area contributed by atoms with E-state index in [1.54, 1.807) is 30.3 Å². The Morgan fingerprint density at radius 2 is 1.93 bits per heavy atom. The SMILES string of the molecule is Cc1ccc2c(c1)OC1=CC(NCCN)=C3C(=O)c4ccccc4C(=O)C3C1=N2. The third-order valence-electron chi connectivity index (χ3n) is 5.36. The van der Waals surface area contributed by atoms with Crippen molar-refractivity contribution >= 4 is 23.0 Å². The van der Waals surface area contributed by atoms with Gasteiger partial charge in [0.15, 0.2) is 23.1 Å². The van der Waals surface area contributed by atoms with Crippen molar-refractivity contribution in [3.8, 4) is 5.75 Å². The Balaban J connectivity index is 1.73. The van der Waals surface area contributed by atoms with Crippen LogP contribution in [0.5, 0.6) is 5.75 Å². The summed E-state index contributed by atoms with van der Waals surface area (Å²) in [5.41, 5.74) is 9.64. The van der Waals surface area contributed by atoms with Gasteiger partial charge in [-0.25, -0.2) is 4.99 Å². The molecule has 0 spiro atoms. The van der Waals surface area contributed by atoms with E-state index in [-0.39, 0.29) is 11.6 Å². The molecule has 0 amide bonds. The number of rotatable bonds is 3. The van der Waals surface area contributed by atoms with Crippen molar-refractivity contribution in [1.82, 2.24) is 5.32 Å². The minimum Gasteiger partial charge on any atom is -0.453 e. The molecule has 3 N–H and O–H groups in total. The summed E-state index contributed by atoms with van der Waals surface area (Å²) >= 11 is 0. The Morgan fingerprint density at radius 1 is 1.14 bits per heavy atom. The van der Waals surface area contributed by atoms with Crippen molar-refractivity contribution in [3.63, 3.8) is 0 Å². The van der Waals surface area contributed by atoms with E-state index >= 15 is 0 Å². The number of Topliss-reactive ketones (excluding diaryl/α,β-unsaturated/α-hetero) is 2. The smallest absolute Gasteiger partial charge is 0.192 e. The summed E-state index contributed by atoms with van der Waals surface area (Å²) in [6.45, 7) is 2.85. The van der Waals surface area contributed by atoms with E-state index in [9.17, 15) is 9.59 Å². The van der Waals surface area contributed by atoms with Gasteiger partial charge in [0.1, 0.15) is 5.69 Å². The molecular formula is C23H19N3O3. The van der Waals surface area contributed by atoms with Crippen molar-refractivity contribution in [2.24, 2.45) is 16.6 Å². The number of nitrogens with two attached hydrogens (primary N) is 1. The molecule has 29 heavy (non-hydrogen) atoms. The maximum Gasteiger partial charge on any atom is 0.192 e. The number of hydrogen-bond donors (Lipinski definition) is 2. The lowest BCUT2D eigenvalue weighted by molar-refractivity contribution is 0.0908. The number of carbonyl (C=O) groups excluding carboxylic acids is 2. The van der Waals surface area contributed by atoms with Gasteiger partial charge in [0, 0.05) is 41.6 Å². The van der Waals surface area contributed by atoms with Gasteiger partial charge < -0.3 is 15.8 Å². The molecule has 0 bridgehead atoms. The number of nitrogens with zero attached hydrogens (tertiary/aromatic N) is 1. The van der Waals surface area contributed by atoms with Gasteiger partial charge in [0.05, 0.1) is 11.6 Å². The second kappa shape index (κ2) is 6.53. The number of aliphatic imine (C=N–C) groups is 1. The summed E-state index contributed by atoms with van der Waals surface area (Å²) < 4.78 is 6.11. The van der Waals surface area contributed by atoms with Gasteiger partial charge in [-0.15, -0.1) is 0 Å². The molecule has 5 rings (SSSR count). The molecule has 1 heterocycles. The molecule has 0 radical (unpaired) electrons. The zero-order chi connectivity index (χ0) is 20.1. The van der Waals surface area contributed by atoms with Crippen molar-refractivity contribution in [1.29, 1.82) is 0 Å². The molecule has 1 atom stereocenters. The number of ketones is 2. The molecule has 1 unspecified atom stereocenters. The second-order valence-corrected chi connectivity index (χ2v) is 7.29. The molecule has 3 aliphatic rings. The monoisotopic (exact) mass is 385 g/mol. The molecule has 144 valence electrons. The van der Waals surface area contributed by atoms with E-state index in [2.05, 4.69) is 5.32 Å². The lowest BCUT2D eigenvalue weighted by atomic mass is 9.72. The normalized spacial score (nSPS) is 19.3. The van der Waals surface area contributed by atoms with Crippen LogP contribution in [0.2, 0.25) is 0 Å². The summed E-state index contributed by atoms with van der Waals surface area (Å²) in [4.78, 5) is 31.5. The first-order valence-electron chi connectivity index (χ1n) is 9.53. The Hall–Kier alpha value is -3.51. The number of hydrogen-bond acceptors (Lipinski definition) is 6. The van der Waals surface area contributed by atoms with Crippen LogP contribution in [0.3, 0.4) is 0 Å². The molecular weight excluding hydrogens is 366 g/mol. The van der Waals surface area contributed by atoms with Crippen LogP contribution in [0.15, 0.2) is 70.6 Å². The Bertz CT molecular complexity index is 1170. The van der Waals surface area contributed by atoms with Gasteiger partial charge in [-0.1, -0.05) is 30.3 Å². The van der Waals surface area contributed by atoms with Crippen LogP contribution in [0.25, 0.3) is 0 Å². The van der Waals surface area contributed by atoms with Crippen molar-refractivity contribution < 1.29 is 14.3 Å². The van der Waals surface area contributed by atoms with Gasteiger partial charge >= 0.3 is 0 Å². The molecule has 6 nitrogen and oxygen atoms in total. The lowest BCUT2D eigenvalue weighted by Gasteiger charge is -2.34. The third kappa shape index (κ3) is 2.64. The maximum absolute atomic E-state index is 13.4. The largest absolute Gasteiger partial charge is 0.453 e. The second-order valence-electron chi connectivity index (χ2n) is 7.29. The van der Waals surface area contributed by atoms with Crippen LogP contribution < -0.4 is 15.8 Å². The van der Waals surface area contributed by atoms with Crippen LogP contribution in [0, 0.1) is 12.8 Å². The van der Waals surface area contributed by atoms with Crippen LogP contribution in [-0.2, 0) is 0 Å². The van der Waals surface area contributed by atoms with Crippen LogP contribution in [0.1, 0.15) is 26.3 Å². The molecule has 2 aromatic carbocycles. The first-order valence-corrected chi connectivity index (χ1v) is 9.53. The van der Waals surface area contributed by atoms with Crippen LogP contribution in [0.4, 0.5) is 5.69 Å². The van der Waals surface area contributed by atoms with Crippen LogP contribution in [-0.4, -0.2) is 30.4 Å². The first-order chi connectivity index (χ1) is 14.1. The van der Waals surface area contributed by atoms with Gasteiger partial charge in [-0.05, 0) is 24.6 Å². The number of ether oxygens (including phenoxy) is 1. The topological polar surface area (TPSA) is 93.8 Å². The molecule has 2 aliphatic carbocycles. The van der Waals surface area contributed by atoms with Crippen molar-refractivity contribution in [2.45, 2.75) is 6.92 Å². The van der Waals surface area contributed by atoms with Gasteiger partial charge in [-0.3, -0.25) is 9.59 Å². The summed E-state index contributed by atoms with van der Waals surface area (Å²) in [7, 11) is 0. The van der Waals surface area contributed by atoms with Crippen LogP contribution >= 0.6 is 0 Å². The molecule has 2 aromatic rings. The fourth-order valence-electron chi connectivity index (χ4n) is 4.02. The van der Waals surface area contributed by atoms with E-state index < -0.39 is 5.92 Å². The molecule has 0 fully saturated rings. The quantitative estimate of drug-likeness (QED) is 0.847. The van der Waals surface area contributed by atoms with Crippen molar-refractivity contribution in [3.05, 3.63) is 82.3 Å². The molecule has 0 aromatic heterocycles. The number of fused-ring (bicyclic) bond motifs is 5. The zero-order valence-electron chi connectivity index (χ0n) is 15.9. The highest BCUT2D eigenvalue weighted by atomic mass is 16.5. The van der Waals surface area contributed by atoms with Gasteiger partial charge in [0.25, 0.3) is 0 Å². The predicted octanol–water partition coefficient (Wildman–Crippen LogP) is 2.86. The predicted molar refractivity (Wildman–Crippen MR) is 110 cm³/mol. The molecule has 6 heteroatoms. The summed E-state index contributed by atoms with van der Waals surface area (Å²) in [6.07, 6.45) is 1.75. The Morgan fingerprint density at radius 3 is 2.72 bits per heavy atom. The van der Waals surface area contributed by atoms with E-state index in [4.69, 9.17) is 15.5 Å². The standard InChI is InChI=1S/C23H19N3O3/c1-12-6-7-15-17(10-12)29-18-11-16(25-9-8-24)19-20(21(18)26-15)23(28)14-5-3-2-4-13(14)22(19)27/h2-7,10-11,20,25H,8-9,24H2,1H3. The average molecular weight is 385 g/mol. The maximum atomic E-state index is 13.4. The number of nitrogens with one attached hydrogen (secondary N) is 1. The van der Waals surface area contributed by atoms with E-state index in [1.165, 1.54) is 0 Å². The first kappa shape index (κ1) is 17.6. The molecule has 1 aliphatic heterocycles. The average Bonchev–Trinajstić information content (AvgIpc) is 2.73. The third-order valence-corrected chi connectivity index (χ3v) is 5.36. The highest BCUT2D eigenvalue weighted by Crippen LogP contribution is 2.43. The van der Waals surface area contributed by atoms with Gasteiger partial charge in [-0.2, -0.15) is 0 Å². The highest BCUT2D eigenvalue weighted by molar-refractivity contribution is 6.33. The minimum atomic E-state index is -0.799. The Labute approximate surface area is 167 Å². The summed E-state index contributed by atoms with van der Waals surface area (Å²) in [5.74, 6) is 0.00354. The Kier molecular flexibility index (Phi) is 3.96. The van der Waals surface area contributed by atoms with E-state index in [0.717, 1.165) is 5.56 Å². The fraction of sp³-hybridized carbons (Fsp3) is 0.174. The number of benzene rings is 2. The van der Waals surface area contributed by atoms with Crippen molar-refractivity contribution in [2.75, 3.05) is 13.1 Å². The van der Waals surface area contributed by atoms with Gasteiger partial charge in [0.2, 0.25) is 0 Å². The summed E-state index contributed by atoms with van der Waals surface area (Å²) in [6, 6.07) is 12.6. The molecule has 0 saturated heterocycles. The van der Waals surface area contributed by atoms with E-state index in [0.29, 0.717) is 58.4 Å². The minimum absolute atomic E-state index is 0.147. The number of carbonyl (C=O) groups is 2. The fourth-order valence-corrected chi connectivity index (χ4v) is 4.02. The number of allylic oxidation sites excluding steroid dienone is 3. The lowest BCUT2D eigenvalue weighted by Crippen LogP contribution is -2.42. The highest BCUT2D eigenvalue weighted by Gasteiger charge is 2.46. The van der Waals surface area contributed by atoms with E-state index in [1.807, 2.05) is 25.1 Å². The molecule has 0 saturated carbocycles. The summed E-state index contributed by atoms with van der Waals surface area (Å²) in [5, 5.41) is 3.19.